The summed E-state index contributed by atoms with van der Waals surface area (Å²) in [5.41, 5.74) is -1.61. The SMILES string of the molecule is CCOC(=O)c1oc2cc(OCc3c(F)c(F)c(F)c(F)c3F)ccc2c(=O)c1-c1ccc(OC)cc1. The summed E-state index contributed by atoms with van der Waals surface area (Å²) in [6.45, 7) is 0.541. The maximum atomic E-state index is 14.0. The highest BCUT2D eigenvalue weighted by Gasteiger charge is 2.26. The van der Waals surface area contributed by atoms with Crippen LogP contribution in [0.25, 0.3) is 22.1 Å². The molecule has 3 aromatic carbocycles. The van der Waals surface area contributed by atoms with Crippen molar-refractivity contribution in [1.29, 1.82) is 0 Å². The molecule has 0 bridgehead atoms. The first-order chi connectivity index (χ1) is 17.7. The molecule has 0 radical (unpaired) electrons. The summed E-state index contributed by atoms with van der Waals surface area (Å²) >= 11 is 0. The van der Waals surface area contributed by atoms with Crippen molar-refractivity contribution >= 4 is 16.9 Å². The topological polar surface area (TPSA) is 75.0 Å². The van der Waals surface area contributed by atoms with Gasteiger partial charge < -0.3 is 18.6 Å². The van der Waals surface area contributed by atoms with Crippen molar-refractivity contribution in [3.8, 4) is 22.6 Å². The molecule has 0 spiro atoms. The summed E-state index contributed by atoms with van der Waals surface area (Å²) in [7, 11) is 1.47. The Morgan fingerprint density at radius 1 is 0.865 bits per heavy atom. The Hall–Kier alpha value is -4.41. The van der Waals surface area contributed by atoms with Crippen LogP contribution in [0, 0.1) is 29.1 Å². The average molecular weight is 520 g/mol. The van der Waals surface area contributed by atoms with Crippen molar-refractivity contribution in [3.63, 3.8) is 0 Å². The number of carbonyl (C=O) groups excluding carboxylic acids is 1. The van der Waals surface area contributed by atoms with Crippen molar-refractivity contribution in [2.24, 2.45) is 0 Å². The molecule has 37 heavy (non-hydrogen) atoms. The predicted octanol–water partition coefficient (Wildman–Crippen LogP) is 5.92. The Morgan fingerprint density at radius 2 is 1.46 bits per heavy atom. The van der Waals surface area contributed by atoms with Gasteiger partial charge in [-0.2, -0.15) is 0 Å². The van der Waals surface area contributed by atoms with Gasteiger partial charge >= 0.3 is 5.97 Å². The van der Waals surface area contributed by atoms with Crippen LogP contribution in [-0.4, -0.2) is 19.7 Å². The van der Waals surface area contributed by atoms with Gasteiger partial charge in [-0.1, -0.05) is 12.1 Å². The second kappa shape index (κ2) is 10.3. The summed E-state index contributed by atoms with van der Waals surface area (Å²) in [6, 6.07) is 9.95. The second-order valence-electron chi connectivity index (χ2n) is 7.58. The Bertz CT molecular complexity index is 1530. The lowest BCUT2D eigenvalue weighted by atomic mass is 10.0. The molecular weight excluding hydrogens is 503 g/mol. The number of rotatable bonds is 7. The molecule has 0 saturated carbocycles. The molecule has 192 valence electrons. The minimum Gasteiger partial charge on any atom is -0.497 e. The van der Waals surface area contributed by atoms with E-state index in [1.165, 1.54) is 19.2 Å². The van der Waals surface area contributed by atoms with E-state index in [0.29, 0.717) is 11.3 Å². The summed E-state index contributed by atoms with van der Waals surface area (Å²) in [4.78, 5) is 26.0. The van der Waals surface area contributed by atoms with Gasteiger partial charge in [0.05, 0.1) is 30.2 Å². The number of hydrogen-bond acceptors (Lipinski definition) is 6. The summed E-state index contributed by atoms with van der Waals surface area (Å²) in [6.07, 6.45) is 0. The first kappa shape index (κ1) is 25.7. The van der Waals surface area contributed by atoms with Crippen LogP contribution in [0.2, 0.25) is 0 Å². The second-order valence-corrected chi connectivity index (χ2v) is 7.58. The van der Waals surface area contributed by atoms with Gasteiger partial charge in [-0.25, -0.2) is 26.7 Å². The number of halogens is 5. The van der Waals surface area contributed by atoms with E-state index in [9.17, 15) is 31.5 Å². The van der Waals surface area contributed by atoms with Crippen molar-refractivity contribution < 1.29 is 45.4 Å². The van der Waals surface area contributed by atoms with E-state index in [0.717, 1.165) is 6.07 Å². The highest BCUT2D eigenvalue weighted by Crippen LogP contribution is 2.30. The quantitative estimate of drug-likeness (QED) is 0.130. The third kappa shape index (κ3) is 4.72. The van der Waals surface area contributed by atoms with E-state index in [-0.39, 0.29) is 28.9 Å². The fraction of sp³-hybridized carbons (Fsp3) is 0.154. The van der Waals surface area contributed by atoms with E-state index in [2.05, 4.69) is 0 Å². The normalized spacial score (nSPS) is 11.0. The molecule has 0 aliphatic heterocycles. The molecule has 0 unspecified atom stereocenters. The number of hydrogen-bond donors (Lipinski definition) is 0. The van der Waals surface area contributed by atoms with Gasteiger partial charge in [-0.3, -0.25) is 4.79 Å². The van der Waals surface area contributed by atoms with Crippen LogP contribution in [0.5, 0.6) is 11.5 Å². The lowest BCUT2D eigenvalue weighted by Crippen LogP contribution is -2.15. The summed E-state index contributed by atoms with van der Waals surface area (Å²) < 4.78 is 89.2. The largest absolute Gasteiger partial charge is 0.497 e. The fourth-order valence-corrected chi connectivity index (χ4v) is 3.56. The molecule has 1 heterocycles. The Labute approximate surface area is 205 Å². The van der Waals surface area contributed by atoms with Gasteiger partial charge in [0.25, 0.3) is 0 Å². The maximum Gasteiger partial charge on any atom is 0.375 e. The number of benzene rings is 3. The molecule has 4 rings (SSSR count). The van der Waals surface area contributed by atoms with E-state index in [1.807, 2.05) is 0 Å². The van der Waals surface area contributed by atoms with Crippen LogP contribution < -0.4 is 14.9 Å². The van der Waals surface area contributed by atoms with Gasteiger partial charge in [-0.15, -0.1) is 0 Å². The van der Waals surface area contributed by atoms with Crippen LogP contribution in [0.4, 0.5) is 22.0 Å². The minimum absolute atomic E-state index is 0.00625. The number of fused-ring (bicyclic) bond motifs is 1. The zero-order chi connectivity index (χ0) is 26.9. The summed E-state index contributed by atoms with van der Waals surface area (Å²) in [5, 5.41) is 0.0300. The molecular formula is C26H17F5O6. The molecule has 0 aliphatic rings. The molecule has 0 amide bonds. The molecule has 0 N–H and O–H groups in total. The molecule has 6 nitrogen and oxygen atoms in total. The van der Waals surface area contributed by atoms with Crippen LogP contribution >= 0.6 is 0 Å². The van der Waals surface area contributed by atoms with Gasteiger partial charge in [0.15, 0.2) is 23.3 Å². The molecule has 0 aliphatic carbocycles. The van der Waals surface area contributed by atoms with Gasteiger partial charge in [-0.05, 0) is 36.8 Å². The Morgan fingerprint density at radius 3 is 2.05 bits per heavy atom. The third-order valence-corrected chi connectivity index (χ3v) is 5.39. The zero-order valence-corrected chi connectivity index (χ0v) is 19.3. The first-order valence-electron chi connectivity index (χ1n) is 10.7. The van der Waals surface area contributed by atoms with E-state index < -0.39 is 58.4 Å². The molecule has 0 saturated heterocycles. The lowest BCUT2D eigenvalue weighted by Gasteiger charge is -2.12. The number of carbonyl (C=O) groups is 1. The van der Waals surface area contributed by atoms with E-state index >= 15 is 0 Å². The summed E-state index contributed by atoms with van der Waals surface area (Å²) in [5.74, 6) is -11.5. The highest BCUT2D eigenvalue weighted by atomic mass is 19.2. The maximum absolute atomic E-state index is 14.0. The number of ether oxygens (including phenoxy) is 3. The first-order valence-corrected chi connectivity index (χ1v) is 10.7. The van der Waals surface area contributed by atoms with Gasteiger partial charge in [0.1, 0.15) is 23.7 Å². The van der Waals surface area contributed by atoms with Crippen LogP contribution in [0.1, 0.15) is 23.0 Å². The van der Waals surface area contributed by atoms with Crippen molar-refractivity contribution in [1.82, 2.24) is 0 Å². The molecule has 0 fully saturated rings. The van der Waals surface area contributed by atoms with Gasteiger partial charge in [0.2, 0.25) is 17.0 Å². The lowest BCUT2D eigenvalue weighted by molar-refractivity contribution is 0.0492. The Balaban J connectivity index is 1.77. The smallest absolute Gasteiger partial charge is 0.375 e. The fourth-order valence-electron chi connectivity index (χ4n) is 3.56. The molecule has 11 heteroatoms. The minimum atomic E-state index is -2.29. The Kier molecular flexibility index (Phi) is 7.14. The highest BCUT2D eigenvalue weighted by molar-refractivity contribution is 5.97. The molecule has 4 aromatic rings. The number of methoxy groups -OCH3 is 1. The predicted molar refractivity (Wildman–Crippen MR) is 121 cm³/mol. The van der Waals surface area contributed by atoms with Crippen molar-refractivity contribution in [2.45, 2.75) is 13.5 Å². The standard InChI is InChI=1S/C26H17F5O6/c1-3-35-26(33)25-18(12-4-6-13(34-2)7-5-12)24(32)15-9-8-14(10-17(15)37-25)36-11-16-19(27)21(29)23(31)22(30)20(16)28/h4-10H,3,11H2,1-2H3. The monoisotopic (exact) mass is 520 g/mol. The molecule has 0 atom stereocenters. The van der Waals surface area contributed by atoms with E-state index in [1.54, 1.807) is 31.2 Å². The molecule has 1 aromatic heterocycles. The van der Waals surface area contributed by atoms with Gasteiger partial charge in [0, 0.05) is 6.07 Å². The van der Waals surface area contributed by atoms with Crippen LogP contribution in [0.15, 0.2) is 51.7 Å². The zero-order valence-electron chi connectivity index (χ0n) is 19.3. The third-order valence-electron chi connectivity index (χ3n) is 5.39. The number of esters is 1. The average Bonchev–Trinajstić information content (AvgIpc) is 2.90. The van der Waals surface area contributed by atoms with Crippen LogP contribution in [-0.2, 0) is 11.3 Å². The van der Waals surface area contributed by atoms with Crippen molar-refractivity contribution in [2.75, 3.05) is 13.7 Å². The van der Waals surface area contributed by atoms with Crippen LogP contribution in [0.3, 0.4) is 0 Å². The van der Waals surface area contributed by atoms with Crippen molar-refractivity contribution in [3.05, 3.63) is 93.1 Å². The van der Waals surface area contributed by atoms with E-state index in [4.69, 9.17) is 18.6 Å².